The largest absolute Gasteiger partial charge is 0.422 e. The molecule has 3 rings (SSSR count). The number of benzene rings is 2. The van der Waals surface area contributed by atoms with E-state index in [1.54, 1.807) is 0 Å². The highest BCUT2D eigenvalue weighted by atomic mass is 16.4. The van der Waals surface area contributed by atoms with Crippen LogP contribution in [0.25, 0.3) is 22.1 Å². The second-order valence-corrected chi connectivity index (χ2v) is 5.15. The zero-order valence-electron chi connectivity index (χ0n) is 12.9. The lowest BCUT2D eigenvalue weighted by Crippen LogP contribution is -2.25. The van der Waals surface area contributed by atoms with E-state index in [9.17, 15) is 4.79 Å². The third-order valence-corrected chi connectivity index (χ3v) is 3.93. The van der Waals surface area contributed by atoms with Gasteiger partial charge in [-0.05, 0) is 31.5 Å². The molecule has 3 heteroatoms. The summed E-state index contributed by atoms with van der Waals surface area (Å²) in [6.07, 6.45) is 0. The Morgan fingerprint density at radius 3 is 2.23 bits per heavy atom. The Morgan fingerprint density at radius 1 is 0.909 bits per heavy atom. The summed E-state index contributed by atoms with van der Waals surface area (Å²) < 4.78 is 5.54. The van der Waals surface area contributed by atoms with E-state index >= 15 is 0 Å². The number of hydrogen-bond acceptors (Lipinski definition) is 3. The van der Waals surface area contributed by atoms with Crippen molar-refractivity contribution < 1.29 is 4.42 Å². The Morgan fingerprint density at radius 2 is 1.55 bits per heavy atom. The van der Waals surface area contributed by atoms with Crippen LogP contribution < -0.4 is 10.5 Å². The molecule has 112 valence electrons. The fourth-order valence-corrected chi connectivity index (χ4v) is 2.86. The number of fused-ring (bicyclic) bond motifs is 1. The van der Waals surface area contributed by atoms with E-state index in [0.717, 1.165) is 29.7 Å². The van der Waals surface area contributed by atoms with Gasteiger partial charge in [-0.25, -0.2) is 4.79 Å². The van der Waals surface area contributed by atoms with E-state index in [2.05, 4.69) is 18.7 Å². The van der Waals surface area contributed by atoms with Crippen LogP contribution in [-0.2, 0) is 0 Å². The summed E-state index contributed by atoms with van der Waals surface area (Å²) >= 11 is 0. The van der Waals surface area contributed by atoms with Gasteiger partial charge in [-0.15, -0.1) is 0 Å². The van der Waals surface area contributed by atoms with Gasteiger partial charge in [0, 0.05) is 18.5 Å². The summed E-state index contributed by atoms with van der Waals surface area (Å²) in [6, 6.07) is 17.5. The topological polar surface area (TPSA) is 33.5 Å². The summed E-state index contributed by atoms with van der Waals surface area (Å²) in [5.41, 5.74) is 2.84. The van der Waals surface area contributed by atoms with Crippen LogP contribution in [0.15, 0.2) is 63.8 Å². The monoisotopic (exact) mass is 293 g/mol. The third kappa shape index (κ3) is 2.39. The van der Waals surface area contributed by atoms with Crippen LogP contribution in [0.5, 0.6) is 0 Å². The highest BCUT2D eigenvalue weighted by Crippen LogP contribution is 2.34. The van der Waals surface area contributed by atoms with Gasteiger partial charge < -0.3 is 9.32 Å². The van der Waals surface area contributed by atoms with E-state index in [0.29, 0.717) is 11.1 Å². The first kappa shape index (κ1) is 14.4. The lowest BCUT2D eigenvalue weighted by Gasteiger charge is -2.25. The fourth-order valence-electron chi connectivity index (χ4n) is 2.86. The molecule has 0 aliphatic rings. The van der Waals surface area contributed by atoms with Crippen molar-refractivity contribution in [2.75, 3.05) is 18.0 Å². The van der Waals surface area contributed by atoms with Crippen LogP contribution in [-0.4, -0.2) is 13.1 Å². The maximum absolute atomic E-state index is 12.6. The van der Waals surface area contributed by atoms with Crippen molar-refractivity contribution in [2.45, 2.75) is 13.8 Å². The quantitative estimate of drug-likeness (QED) is 0.672. The second-order valence-electron chi connectivity index (χ2n) is 5.15. The van der Waals surface area contributed by atoms with Gasteiger partial charge in [0.25, 0.3) is 0 Å². The van der Waals surface area contributed by atoms with Gasteiger partial charge in [-0.3, -0.25) is 0 Å². The predicted molar refractivity (Wildman–Crippen MR) is 91.5 cm³/mol. The molecular formula is C19H19NO2. The Kier molecular flexibility index (Phi) is 3.96. The minimum absolute atomic E-state index is 0.285. The van der Waals surface area contributed by atoms with Crippen molar-refractivity contribution in [3.63, 3.8) is 0 Å². The molecule has 0 unspecified atom stereocenters. The standard InChI is InChI=1S/C19H19NO2/c1-3-20(4-2)18-15-12-8-9-13-16(15)22-19(21)17(18)14-10-6-5-7-11-14/h5-13H,3-4H2,1-2H3. The molecule has 0 radical (unpaired) electrons. The summed E-state index contributed by atoms with van der Waals surface area (Å²) in [5.74, 6) is 0. The van der Waals surface area contributed by atoms with Gasteiger partial charge in [0.15, 0.2) is 0 Å². The Bertz CT molecular complexity index is 833. The molecule has 0 aliphatic heterocycles. The van der Waals surface area contributed by atoms with E-state index in [1.165, 1.54) is 0 Å². The predicted octanol–water partition coefficient (Wildman–Crippen LogP) is 4.31. The van der Waals surface area contributed by atoms with Crippen LogP contribution >= 0.6 is 0 Å². The van der Waals surface area contributed by atoms with Crippen molar-refractivity contribution in [2.24, 2.45) is 0 Å². The zero-order chi connectivity index (χ0) is 15.5. The normalized spacial score (nSPS) is 10.8. The van der Waals surface area contributed by atoms with Crippen molar-refractivity contribution in [1.29, 1.82) is 0 Å². The molecule has 3 aromatic rings. The zero-order valence-corrected chi connectivity index (χ0v) is 12.9. The molecule has 0 spiro atoms. The minimum Gasteiger partial charge on any atom is -0.422 e. The summed E-state index contributed by atoms with van der Waals surface area (Å²) in [6.45, 7) is 5.87. The molecule has 0 atom stereocenters. The Hall–Kier alpha value is -2.55. The van der Waals surface area contributed by atoms with Gasteiger partial charge in [0.05, 0.1) is 11.3 Å². The number of rotatable bonds is 4. The molecule has 0 saturated heterocycles. The van der Waals surface area contributed by atoms with Crippen LogP contribution in [0.3, 0.4) is 0 Å². The molecule has 0 fully saturated rings. The summed E-state index contributed by atoms with van der Waals surface area (Å²) in [7, 11) is 0. The van der Waals surface area contributed by atoms with Crippen molar-refractivity contribution in [3.8, 4) is 11.1 Å². The van der Waals surface area contributed by atoms with Crippen molar-refractivity contribution in [3.05, 3.63) is 65.0 Å². The average molecular weight is 293 g/mol. The van der Waals surface area contributed by atoms with Crippen LogP contribution in [0, 0.1) is 0 Å². The molecule has 22 heavy (non-hydrogen) atoms. The Balaban J connectivity index is 2.42. The minimum atomic E-state index is -0.285. The van der Waals surface area contributed by atoms with Gasteiger partial charge >= 0.3 is 5.63 Å². The number of para-hydroxylation sites is 1. The van der Waals surface area contributed by atoms with Crippen LogP contribution in [0.2, 0.25) is 0 Å². The van der Waals surface area contributed by atoms with Crippen LogP contribution in [0.1, 0.15) is 13.8 Å². The van der Waals surface area contributed by atoms with E-state index in [1.807, 2.05) is 54.6 Å². The maximum Gasteiger partial charge on any atom is 0.346 e. The lowest BCUT2D eigenvalue weighted by molar-refractivity contribution is 0.563. The molecule has 1 heterocycles. The molecule has 0 bridgehead atoms. The molecule has 2 aromatic carbocycles. The highest BCUT2D eigenvalue weighted by molar-refractivity contribution is 5.98. The number of anilines is 1. The Labute approximate surface area is 129 Å². The highest BCUT2D eigenvalue weighted by Gasteiger charge is 2.19. The smallest absolute Gasteiger partial charge is 0.346 e. The lowest BCUT2D eigenvalue weighted by atomic mass is 10.0. The van der Waals surface area contributed by atoms with E-state index in [4.69, 9.17) is 4.42 Å². The third-order valence-electron chi connectivity index (χ3n) is 3.93. The van der Waals surface area contributed by atoms with E-state index in [-0.39, 0.29) is 5.63 Å². The van der Waals surface area contributed by atoms with Crippen molar-refractivity contribution >= 4 is 16.7 Å². The molecule has 1 aromatic heterocycles. The molecule has 0 aliphatic carbocycles. The molecular weight excluding hydrogens is 274 g/mol. The average Bonchev–Trinajstić information content (AvgIpc) is 2.56. The van der Waals surface area contributed by atoms with Crippen LogP contribution in [0.4, 0.5) is 5.69 Å². The van der Waals surface area contributed by atoms with Gasteiger partial charge in [-0.2, -0.15) is 0 Å². The molecule has 0 N–H and O–H groups in total. The number of hydrogen-bond donors (Lipinski definition) is 0. The SMILES string of the molecule is CCN(CC)c1c(-c2ccccc2)c(=O)oc2ccccc12. The first-order valence-electron chi connectivity index (χ1n) is 7.62. The molecule has 0 amide bonds. The van der Waals surface area contributed by atoms with Crippen molar-refractivity contribution in [1.82, 2.24) is 0 Å². The summed E-state index contributed by atoms with van der Waals surface area (Å²) in [4.78, 5) is 14.8. The molecule has 3 nitrogen and oxygen atoms in total. The maximum atomic E-state index is 12.6. The molecule has 0 saturated carbocycles. The van der Waals surface area contributed by atoms with Gasteiger partial charge in [0.1, 0.15) is 5.58 Å². The summed E-state index contributed by atoms with van der Waals surface area (Å²) in [5, 5.41) is 0.977. The van der Waals surface area contributed by atoms with Gasteiger partial charge in [0.2, 0.25) is 0 Å². The first-order chi connectivity index (χ1) is 10.8. The first-order valence-corrected chi connectivity index (χ1v) is 7.62. The van der Waals surface area contributed by atoms with E-state index < -0.39 is 0 Å². The number of nitrogens with zero attached hydrogens (tertiary/aromatic N) is 1. The fraction of sp³-hybridized carbons (Fsp3) is 0.211. The van der Waals surface area contributed by atoms with Gasteiger partial charge in [-0.1, -0.05) is 42.5 Å². The second kappa shape index (κ2) is 6.06.